The Bertz CT molecular complexity index is 285. The Balaban J connectivity index is 1.80. The highest BCUT2D eigenvalue weighted by Crippen LogP contribution is 2.36. The number of hydrogen-bond donors (Lipinski definition) is 1. The van der Waals surface area contributed by atoms with E-state index in [-0.39, 0.29) is 0 Å². The second-order valence-corrected chi connectivity index (χ2v) is 3.97. The lowest BCUT2D eigenvalue weighted by molar-refractivity contribution is 0.300. The molecule has 0 amide bonds. The number of rotatable bonds is 4. The van der Waals surface area contributed by atoms with Crippen molar-refractivity contribution < 1.29 is 0 Å². The monoisotopic (exact) mass is 187 g/mol. The van der Waals surface area contributed by atoms with E-state index >= 15 is 0 Å². The Kier molecular flexibility index (Phi) is 3.00. The summed E-state index contributed by atoms with van der Waals surface area (Å²) in [6.07, 6.45) is 4.48. The van der Waals surface area contributed by atoms with Crippen LogP contribution in [-0.2, 0) is 0 Å². The van der Waals surface area contributed by atoms with Gasteiger partial charge in [0.1, 0.15) is 0 Å². The molecule has 1 N–H and O–H groups in total. The topological polar surface area (TPSA) is 12.0 Å². The Labute approximate surface area is 85.8 Å². The van der Waals surface area contributed by atoms with Gasteiger partial charge in [-0.25, -0.2) is 0 Å². The molecule has 1 aromatic carbocycles. The Morgan fingerprint density at radius 3 is 2.64 bits per heavy atom. The van der Waals surface area contributed by atoms with Crippen molar-refractivity contribution in [3.8, 4) is 0 Å². The van der Waals surface area contributed by atoms with Crippen LogP contribution in [-0.4, -0.2) is 12.6 Å². The quantitative estimate of drug-likeness (QED) is 0.715. The molecule has 0 bridgehead atoms. The SMILES string of the molecule is C=CCNC1CC(c2ccccc2)C1. The summed E-state index contributed by atoms with van der Waals surface area (Å²) in [4.78, 5) is 0. The molecule has 1 aliphatic rings. The molecule has 0 aliphatic heterocycles. The summed E-state index contributed by atoms with van der Waals surface area (Å²) >= 11 is 0. The van der Waals surface area contributed by atoms with Crippen LogP contribution in [0.1, 0.15) is 24.3 Å². The fourth-order valence-electron chi connectivity index (χ4n) is 2.03. The summed E-state index contributed by atoms with van der Waals surface area (Å²) in [7, 11) is 0. The van der Waals surface area contributed by atoms with Crippen molar-refractivity contribution in [3.05, 3.63) is 48.6 Å². The summed E-state index contributed by atoms with van der Waals surface area (Å²) in [6, 6.07) is 11.5. The molecule has 0 atom stereocenters. The smallest absolute Gasteiger partial charge is 0.0134 e. The Hall–Kier alpha value is -1.08. The molecule has 1 fully saturated rings. The van der Waals surface area contributed by atoms with Crippen molar-refractivity contribution in [2.24, 2.45) is 0 Å². The van der Waals surface area contributed by atoms with Gasteiger partial charge in [0.25, 0.3) is 0 Å². The third-order valence-corrected chi connectivity index (χ3v) is 2.96. The highest BCUT2D eigenvalue weighted by Gasteiger charge is 2.28. The number of hydrogen-bond acceptors (Lipinski definition) is 1. The zero-order chi connectivity index (χ0) is 9.80. The molecule has 1 heteroatoms. The average Bonchev–Trinajstić information content (AvgIpc) is 2.17. The first kappa shape index (κ1) is 9.47. The molecule has 0 radical (unpaired) electrons. The molecule has 0 saturated heterocycles. The van der Waals surface area contributed by atoms with Crippen LogP contribution in [0.5, 0.6) is 0 Å². The van der Waals surface area contributed by atoms with E-state index in [0.29, 0.717) is 6.04 Å². The lowest BCUT2D eigenvalue weighted by Gasteiger charge is -2.36. The lowest BCUT2D eigenvalue weighted by atomic mass is 9.76. The van der Waals surface area contributed by atoms with Crippen LogP contribution in [0.3, 0.4) is 0 Å². The second-order valence-electron chi connectivity index (χ2n) is 3.97. The molecule has 0 heterocycles. The van der Waals surface area contributed by atoms with Gasteiger partial charge in [0, 0.05) is 12.6 Å². The van der Waals surface area contributed by atoms with E-state index in [1.807, 2.05) is 6.08 Å². The predicted octanol–water partition coefficient (Wildman–Crippen LogP) is 2.71. The highest BCUT2D eigenvalue weighted by molar-refractivity contribution is 5.22. The van der Waals surface area contributed by atoms with E-state index in [4.69, 9.17) is 0 Å². The Morgan fingerprint density at radius 2 is 2.00 bits per heavy atom. The van der Waals surface area contributed by atoms with Crippen molar-refractivity contribution in [2.45, 2.75) is 24.8 Å². The van der Waals surface area contributed by atoms with Gasteiger partial charge in [0.2, 0.25) is 0 Å². The summed E-state index contributed by atoms with van der Waals surface area (Å²) in [6.45, 7) is 4.64. The van der Waals surface area contributed by atoms with Crippen molar-refractivity contribution in [2.75, 3.05) is 6.54 Å². The van der Waals surface area contributed by atoms with Gasteiger partial charge in [-0.05, 0) is 24.3 Å². The molecule has 1 saturated carbocycles. The van der Waals surface area contributed by atoms with Gasteiger partial charge in [-0.3, -0.25) is 0 Å². The van der Waals surface area contributed by atoms with Gasteiger partial charge >= 0.3 is 0 Å². The largest absolute Gasteiger partial charge is 0.310 e. The first-order chi connectivity index (χ1) is 6.90. The minimum atomic E-state index is 0.707. The number of benzene rings is 1. The normalized spacial score (nSPS) is 25.4. The predicted molar refractivity (Wildman–Crippen MR) is 60.4 cm³/mol. The summed E-state index contributed by atoms with van der Waals surface area (Å²) < 4.78 is 0. The van der Waals surface area contributed by atoms with Gasteiger partial charge in [-0.15, -0.1) is 6.58 Å². The maximum absolute atomic E-state index is 3.71. The van der Waals surface area contributed by atoms with Crippen molar-refractivity contribution in [3.63, 3.8) is 0 Å². The van der Waals surface area contributed by atoms with Gasteiger partial charge in [0.05, 0.1) is 0 Å². The molecule has 1 nitrogen and oxygen atoms in total. The van der Waals surface area contributed by atoms with Crippen LogP contribution in [0.15, 0.2) is 43.0 Å². The molecule has 0 unspecified atom stereocenters. The molecule has 0 spiro atoms. The molecule has 1 aromatic rings. The van der Waals surface area contributed by atoms with Crippen LogP contribution in [0.2, 0.25) is 0 Å². The zero-order valence-corrected chi connectivity index (χ0v) is 8.45. The molecule has 2 rings (SSSR count). The third kappa shape index (κ3) is 2.05. The van der Waals surface area contributed by atoms with Crippen LogP contribution >= 0.6 is 0 Å². The highest BCUT2D eigenvalue weighted by atomic mass is 14.9. The van der Waals surface area contributed by atoms with Gasteiger partial charge in [-0.2, -0.15) is 0 Å². The van der Waals surface area contributed by atoms with E-state index in [1.165, 1.54) is 18.4 Å². The van der Waals surface area contributed by atoms with Gasteiger partial charge in [-0.1, -0.05) is 36.4 Å². The van der Waals surface area contributed by atoms with Crippen LogP contribution in [0.4, 0.5) is 0 Å². The second kappa shape index (κ2) is 4.43. The van der Waals surface area contributed by atoms with E-state index < -0.39 is 0 Å². The maximum atomic E-state index is 3.71. The summed E-state index contributed by atoms with van der Waals surface area (Å²) in [5.41, 5.74) is 1.49. The van der Waals surface area contributed by atoms with E-state index in [1.54, 1.807) is 0 Å². The molecule has 74 valence electrons. The van der Waals surface area contributed by atoms with Crippen LogP contribution in [0, 0.1) is 0 Å². The minimum Gasteiger partial charge on any atom is -0.310 e. The van der Waals surface area contributed by atoms with Gasteiger partial charge < -0.3 is 5.32 Å². The molecule has 1 aliphatic carbocycles. The standard InChI is InChI=1S/C13H17N/c1-2-8-14-13-9-12(10-13)11-6-4-3-5-7-11/h2-7,12-14H,1,8-10H2. The molecular formula is C13H17N. The molecular weight excluding hydrogens is 170 g/mol. The lowest BCUT2D eigenvalue weighted by Crippen LogP contribution is -2.39. The fourth-order valence-corrected chi connectivity index (χ4v) is 2.03. The van der Waals surface area contributed by atoms with E-state index in [2.05, 4.69) is 42.2 Å². The van der Waals surface area contributed by atoms with E-state index in [9.17, 15) is 0 Å². The summed E-state index contributed by atoms with van der Waals surface area (Å²) in [5.74, 6) is 0.776. The maximum Gasteiger partial charge on any atom is 0.0134 e. The average molecular weight is 187 g/mol. The van der Waals surface area contributed by atoms with Crippen molar-refractivity contribution >= 4 is 0 Å². The fraction of sp³-hybridized carbons (Fsp3) is 0.385. The van der Waals surface area contributed by atoms with Crippen molar-refractivity contribution in [1.82, 2.24) is 5.32 Å². The first-order valence-corrected chi connectivity index (χ1v) is 5.29. The third-order valence-electron chi connectivity index (χ3n) is 2.96. The molecule has 14 heavy (non-hydrogen) atoms. The number of nitrogens with one attached hydrogen (secondary N) is 1. The van der Waals surface area contributed by atoms with Crippen LogP contribution < -0.4 is 5.32 Å². The van der Waals surface area contributed by atoms with Crippen molar-refractivity contribution in [1.29, 1.82) is 0 Å². The molecule has 0 aromatic heterocycles. The minimum absolute atomic E-state index is 0.707. The zero-order valence-electron chi connectivity index (χ0n) is 8.45. The van der Waals surface area contributed by atoms with Gasteiger partial charge in [0.15, 0.2) is 0 Å². The summed E-state index contributed by atoms with van der Waals surface area (Å²) in [5, 5.41) is 3.45. The van der Waals surface area contributed by atoms with E-state index in [0.717, 1.165) is 12.5 Å². The van der Waals surface area contributed by atoms with Crippen LogP contribution in [0.25, 0.3) is 0 Å². The Morgan fingerprint density at radius 1 is 1.29 bits per heavy atom. The first-order valence-electron chi connectivity index (χ1n) is 5.29.